The highest BCUT2D eigenvalue weighted by molar-refractivity contribution is 5.95. The summed E-state index contributed by atoms with van der Waals surface area (Å²) in [7, 11) is 0. The fourth-order valence-electron chi connectivity index (χ4n) is 3.10. The summed E-state index contributed by atoms with van der Waals surface area (Å²) in [5.74, 6) is -1.15. The maximum Gasteiger partial charge on any atom is 0.323 e. The molecule has 0 aromatic heterocycles. The van der Waals surface area contributed by atoms with E-state index in [1.165, 1.54) is 0 Å². The van der Waals surface area contributed by atoms with E-state index >= 15 is 0 Å². The third kappa shape index (κ3) is 7.24. The Hall–Kier alpha value is -3.35. The van der Waals surface area contributed by atoms with Crippen LogP contribution in [0.3, 0.4) is 0 Å². The van der Waals surface area contributed by atoms with Gasteiger partial charge in [0.1, 0.15) is 6.54 Å². The van der Waals surface area contributed by atoms with Crippen molar-refractivity contribution in [3.63, 3.8) is 0 Å². The monoisotopic (exact) mass is 411 g/mol. The molecule has 160 valence electrons. The lowest BCUT2D eigenvalue weighted by molar-refractivity contribution is -0.135. The van der Waals surface area contributed by atoms with Crippen LogP contribution in [-0.4, -0.2) is 41.0 Å². The van der Waals surface area contributed by atoms with Gasteiger partial charge in [-0.05, 0) is 61.9 Å². The molecule has 1 heterocycles. The number of nitrogens with one attached hydrogen (secondary N) is 2. The normalized spacial score (nSPS) is 14.5. The Morgan fingerprint density at radius 1 is 1.17 bits per heavy atom. The molecule has 1 aromatic carbocycles. The second kappa shape index (κ2) is 11.6. The molecule has 0 saturated carbocycles. The van der Waals surface area contributed by atoms with Crippen molar-refractivity contribution < 1.29 is 19.5 Å². The molecule has 0 aliphatic carbocycles. The van der Waals surface area contributed by atoms with E-state index < -0.39 is 18.5 Å². The van der Waals surface area contributed by atoms with Gasteiger partial charge in [0, 0.05) is 24.9 Å². The van der Waals surface area contributed by atoms with Gasteiger partial charge in [-0.15, -0.1) is 0 Å². The summed E-state index contributed by atoms with van der Waals surface area (Å²) in [6, 6.07) is 4.84. The smallest absolute Gasteiger partial charge is 0.323 e. The fraction of sp³-hybridized carbons (Fsp3) is 0.348. The van der Waals surface area contributed by atoms with Crippen molar-refractivity contribution in [3.05, 3.63) is 71.0 Å². The largest absolute Gasteiger partial charge is 0.480 e. The molecule has 0 spiro atoms. The highest BCUT2D eigenvalue weighted by Gasteiger charge is 2.17. The molecule has 30 heavy (non-hydrogen) atoms. The van der Waals surface area contributed by atoms with Crippen molar-refractivity contribution in [2.75, 3.05) is 13.1 Å². The van der Waals surface area contributed by atoms with Gasteiger partial charge in [0.25, 0.3) is 5.91 Å². The van der Waals surface area contributed by atoms with Gasteiger partial charge in [-0.25, -0.2) is 4.79 Å². The van der Waals surface area contributed by atoms with Gasteiger partial charge in [0.15, 0.2) is 0 Å². The van der Waals surface area contributed by atoms with Crippen LogP contribution in [0.15, 0.2) is 54.3 Å². The SMILES string of the molecule is C/C=C\C=C/C1=CN(C(=O)c2ccc(CNC(=O)NCC(=O)O)c(C)c2)CCCC1. The van der Waals surface area contributed by atoms with Crippen molar-refractivity contribution >= 4 is 17.9 Å². The highest BCUT2D eigenvalue weighted by Crippen LogP contribution is 2.19. The summed E-state index contributed by atoms with van der Waals surface area (Å²) in [4.78, 5) is 36.9. The molecule has 0 fully saturated rings. The molecule has 0 radical (unpaired) electrons. The summed E-state index contributed by atoms with van der Waals surface area (Å²) in [5, 5.41) is 13.4. The van der Waals surface area contributed by atoms with Crippen molar-refractivity contribution in [2.24, 2.45) is 0 Å². The molecule has 0 saturated heterocycles. The molecule has 3 amide bonds. The van der Waals surface area contributed by atoms with E-state index in [-0.39, 0.29) is 12.5 Å². The van der Waals surface area contributed by atoms with Crippen LogP contribution in [0.1, 0.15) is 47.7 Å². The summed E-state index contributed by atoms with van der Waals surface area (Å²) >= 11 is 0. The van der Waals surface area contributed by atoms with Crippen LogP contribution in [0.5, 0.6) is 0 Å². The summed E-state index contributed by atoms with van der Waals surface area (Å²) in [5.41, 5.74) is 3.47. The average molecular weight is 412 g/mol. The number of rotatable bonds is 7. The zero-order valence-corrected chi connectivity index (χ0v) is 17.5. The minimum atomic E-state index is -1.10. The molecule has 7 nitrogen and oxygen atoms in total. The molecular formula is C23H29N3O4. The summed E-state index contributed by atoms with van der Waals surface area (Å²) in [6.45, 7) is 4.34. The highest BCUT2D eigenvalue weighted by atomic mass is 16.4. The third-order valence-corrected chi connectivity index (χ3v) is 4.74. The van der Waals surface area contributed by atoms with Gasteiger partial charge in [-0.3, -0.25) is 9.59 Å². The van der Waals surface area contributed by atoms with Crippen LogP contribution in [0.2, 0.25) is 0 Å². The number of carboxylic acid groups (broad SMARTS) is 1. The van der Waals surface area contributed by atoms with E-state index in [1.54, 1.807) is 11.0 Å². The van der Waals surface area contributed by atoms with E-state index in [0.717, 1.165) is 36.0 Å². The van der Waals surface area contributed by atoms with Crippen molar-refractivity contribution in [1.82, 2.24) is 15.5 Å². The topological polar surface area (TPSA) is 98.7 Å². The van der Waals surface area contributed by atoms with E-state index in [9.17, 15) is 14.4 Å². The number of aryl methyl sites for hydroxylation is 1. The predicted octanol–water partition coefficient (Wildman–Crippen LogP) is 3.52. The Kier molecular flexibility index (Phi) is 8.87. The standard InChI is InChI=1S/C23H29N3O4/c1-3-4-5-8-18-9-6-7-12-26(16-18)22(29)19-10-11-20(17(2)13-19)14-24-23(30)25-15-21(27)28/h3-5,8,10-11,13,16H,6-7,9,12,14-15H2,1-2H3,(H,27,28)(H2,24,25,30)/b4-3-,8-5-. The van der Waals surface area contributed by atoms with Gasteiger partial charge in [0.05, 0.1) is 0 Å². The van der Waals surface area contributed by atoms with Crippen LogP contribution >= 0.6 is 0 Å². The Morgan fingerprint density at radius 2 is 1.97 bits per heavy atom. The van der Waals surface area contributed by atoms with E-state index in [2.05, 4.69) is 10.6 Å². The zero-order valence-electron chi connectivity index (χ0n) is 17.5. The number of hydrogen-bond donors (Lipinski definition) is 3. The number of aliphatic carboxylic acids is 1. The summed E-state index contributed by atoms with van der Waals surface area (Å²) < 4.78 is 0. The van der Waals surface area contributed by atoms with Crippen molar-refractivity contribution in [2.45, 2.75) is 39.7 Å². The van der Waals surface area contributed by atoms with Crippen LogP contribution in [-0.2, 0) is 11.3 Å². The molecular weight excluding hydrogens is 382 g/mol. The second-order valence-electron chi connectivity index (χ2n) is 7.12. The molecule has 7 heteroatoms. The van der Waals surface area contributed by atoms with Gasteiger partial charge < -0.3 is 20.6 Å². The average Bonchev–Trinajstić information content (AvgIpc) is 2.96. The number of hydrogen-bond acceptors (Lipinski definition) is 3. The Balaban J connectivity index is 2.05. The lowest BCUT2D eigenvalue weighted by Gasteiger charge is -2.18. The first-order valence-electron chi connectivity index (χ1n) is 10.0. The lowest BCUT2D eigenvalue weighted by Crippen LogP contribution is -2.38. The molecule has 1 aliphatic heterocycles. The number of urea groups is 1. The quantitative estimate of drug-likeness (QED) is 0.598. The zero-order chi connectivity index (χ0) is 21.9. The first-order chi connectivity index (χ1) is 14.4. The van der Waals surface area contributed by atoms with E-state index in [0.29, 0.717) is 12.1 Å². The van der Waals surface area contributed by atoms with Crippen LogP contribution in [0.4, 0.5) is 4.79 Å². The van der Waals surface area contributed by atoms with Crippen LogP contribution in [0, 0.1) is 6.92 Å². The van der Waals surface area contributed by atoms with E-state index in [4.69, 9.17) is 5.11 Å². The number of benzene rings is 1. The molecule has 1 aliphatic rings. The molecule has 0 atom stereocenters. The van der Waals surface area contributed by atoms with Crippen LogP contribution < -0.4 is 10.6 Å². The van der Waals surface area contributed by atoms with Crippen molar-refractivity contribution in [3.8, 4) is 0 Å². The maximum atomic E-state index is 13.0. The Labute approximate surface area is 177 Å². The molecule has 0 bridgehead atoms. The number of nitrogens with zero attached hydrogens (tertiary/aromatic N) is 1. The van der Waals surface area contributed by atoms with Gasteiger partial charge in [0.2, 0.25) is 0 Å². The molecule has 1 aromatic rings. The van der Waals surface area contributed by atoms with Crippen LogP contribution in [0.25, 0.3) is 0 Å². The number of allylic oxidation sites excluding steroid dienone is 5. The second-order valence-corrected chi connectivity index (χ2v) is 7.12. The molecule has 0 unspecified atom stereocenters. The lowest BCUT2D eigenvalue weighted by atomic mass is 10.0. The number of amides is 3. The number of carbonyl (C=O) groups is 3. The fourth-order valence-corrected chi connectivity index (χ4v) is 3.10. The number of carboxylic acids is 1. The number of carbonyl (C=O) groups excluding carboxylic acids is 2. The maximum absolute atomic E-state index is 13.0. The van der Waals surface area contributed by atoms with Gasteiger partial charge >= 0.3 is 12.0 Å². The summed E-state index contributed by atoms with van der Waals surface area (Å²) in [6.07, 6.45) is 12.8. The third-order valence-electron chi connectivity index (χ3n) is 4.74. The predicted molar refractivity (Wildman–Crippen MR) is 116 cm³/mol. The Morgan fingerprint density at radius 3 is 2.67 bits per heavy atom. The molecule has 2 rings (SSSR count). The van der Waals surface area contributed by atoms with Gasteiger partial charge in [-0.1, -0.05) is 30.4 Å². The first kappa shape index (κ1) is 22.9. The Bertz CT molecular complexity index is 871. The molecule has 3 N–H and O–H groups in total. The van der Waals surface area contributed by atoms with Gasteiger partial charge in [-0.2, -0.15) is 0 Å². The minimum absolute atomic E-state index is 0.0457. The first-order valence-corrected chi connectivity index (χ1v) is 10.0. The minimum Gasteiger partial charge on any atom is -0.480 e. The van der Waals surface area contributed by atoms with Crippen molar-refractivity contribution in [1.29, 1.82) is 0 Å². The van der Waals surface area contributed by atoms with E-state index in [1.807, 2.05) is 56.5 Å².